The summed E-state index contributed by atoms with van der Waals surface area (Å²) in [6, 6.07) is 9.81. The van der Waals surface area contributed by atoms with Crippen molar-refractivity contribution in [2.75, 3.05) is 0 Å². The molecule has 0 saturated heterocycles. The van der Waals surface area contributed by atoms with E-state index in [0.29, 0.717) is 17.1 Å². The van der Waals surface area contributed by atoms with E-state index in [9.17, 15) is 4.79 Å². The summed E-state index contributed by atoms with van der Waals surface area (Å²) in [6.45, 7) is -0.168. The number of carboxylic acid groups (broad SMARTS) is 1. The van der Waals surface area contributed by atoms with Crippen LogP contribution >= 0.6 is 0 Å². The molecule has 4 heteroatoms. The number of hydrogen-bond acceptors (Lipinski definition) is 3. The van der Waals surface area contributed by atoms with Crippen molar-refractivity contribution in [1.82, 2.24) is 0 Å². The number of benzene rings is 1. The average molecular weight is 218 g/mol. The maximum absolute atomic E-state index is 10.8. The Labute approximate surface area is 91.8 Å². The molecule has 2 N–H and O–H groups in total. The van der Waals surface area contributed by atoms with Crippen LogP contribution in [0.15, 0.2) is 40.8 Å². The first-order valence-electron chi connectivity index (χ1n) is 4.74. The summed E-state index contributed by atoms with van der Waals surface area (Å²) in [7, 11) is 0. The standard InChI is InChI=1S/C12H10O4/c13-7-10-4-5-11(16-10)8-2-1-3-9(6-8)12(14)15/h1-6,13H,7H2,(H,14,15). The first kappa shape index (κ1) is 10.4. The molecule has 2 rings (SSSR count). The summed E-state index contributed by atoms with van der Waals surface area (Å²) < 4.78 is 5.31. The number of hydrogen-bond donors (Lipinski definition) is 2. The number of aliphatic hydroxyl groups is 1. The lowest BCUT2D eigenvalue weighted by Gasteiger charge is -1.99. The summed E-state index contributed by atoms with van der Waals surface area (Å²) in [5, 5.41) is 17.7. The van der Waals surface area contributed by atoms with Gasteiger partial charge in [0.25, 0.3) is 0 Å². The molecule has 0 spiro atoms. The van der Waals surface area contributed by atoms with Crippen molar-refractivity contribution in [2.45, 2.75) is 6.61 Å². The quantitative estimate of drug-likeness (QED) is 0.827. The van der Waals surface area contributed by atoms with Crippen LogP contribution in [0, 0.1) is 0 Å². The first-order chi connectivity index (χ1) is 7.70. The number of rotatable bonds is 3. The number of carbonyl (C=O) groups is 1. The fraction of sp³-hybridized carbons (Fsp3) is 0.0833. The monoisotopic (exact) mass is 218 g/mol. The third kappa shape index (κ3) is 1.97. The molecule has 0 saturated carbocycles. The molecule has 1 aromatic carbocycles. The number of furan rings is 1. The Morgan fingerprint density at radius 2 is 2.06 bits per heavy atom. The van der Waals surface area contributed by atoms with Gasteiger partial charge in [-0.05, 0) is 24.3 Å². The van der Waals surface area contributed by atoms with E-state index in [4.69, 9.17) is 14.6 Å². The molecule has 82 valence electrons. The zero-order valence-electron chi connectivity index (χ0n) is 8.38. The topological polar surface area (TPSA) is 70.7 Å². The van der Waals surface area contributed by atoms with E-state index >= 15 is 0 Å². The molecule has 16 heavy (non-hydrogen) atoms. The molecule has 0 amide bonds. The third-order valence-corrected chi connectivity index (χ3v) is 2.21. The van der Waals surface area contributed by atoms with Gasteiger partial charge in [-0.3, -0.25) is 0 Å². The fourth-order valence-electron chi connectivity index (χ4n) is 1.42. The van der Waals surface area contributed by atoms with Gasteiger partial charge in [-0.15, -0.1) is 0 Å². The Morgan fingerprint density at radius 3 is 2.69 bits per heavy atom. The zero-order chi connectivity index (χ0) is 11.5. The molecule has 0 fully saturated rings. The van der Waals surface area contributed by atoms with Gasteiger partial charge < -0.3 is 14.6 Å². The molecule has 4 nitrogen and oxygen atoms in total. The van der Waals surface area contributed by atoms with Gasteiger partial charge in [-0.2, -0.15) is 0 Å². The normalized spacial score (nSPS) is 10.3. The van der Waals surface area contributed by atoms with Gasteiger partial charge in [0.2, 0.25) is 0 Å². The van der Waals surface area contributed by atoms with Gasteiger partial charge >= 0.3 is 5.97 Å². The molecular weight excluding hydrogens is 208 g/mol. The zero-order valence-corrected chi connectivity index (χ0v) is 8.38. The molecule has 1 aromatic heterocycles. The predicted octanol–water partition coefficient (Wildman–Crippen LogP) is 2.14. The lowest BCUT2D eigenvalue weighted by molar-refractivity contribution is 0.0697. The van der Waals surface area contributed by atoms with Crippen LogP contribution in [0.25, 0.3) is 11.3 Å². The summed E-state index contributed by atoms with van der Waals surface area (Å²) in [5.41, 5.74) is 0.888. The second-order valence-electron chi connectivity index (χ2n) is 3.31. The average Bonchev–Trinajstić information content (AvgIpc) is 2.77. The van der Waals surface area contributed by atoms with E-state index < -0.39 is 5.97 Å². The van der Waals surface area contributed by atoms with Gasteiger partial charge in [0.15, 0.2) is 0 Å². The lowest BCUT2D eigenvalue weighted by atomic mass is 10.1. The summed E-state index contributed by atoms with van der Waals surface area (Å²) in [6.07, 6.45) is 0. The Kier molecular flexibility index (Phi) is 2.74. The lowest BCUT2D eigenvalue weighted by Crippen LogP contribution is -1.95. The smallest absolute Gasteiger partial charge is 0.335 e. The van der Waals surface area contributed by atoms with Crippen molar-refractivity contribution < 1.29 is 19.4 Å². The van der Waals surface area contributed by atoms with Gasteiger partial charge in [0.1, 0.15) is 18.1 Å². The van der Waals surface area contributed by atoms with E-state index in [1.807, 2.05) is 0 Å². The van der Waals surface area contributed by atoms with Crippen LogP contribution < -0.4 is 0 Å². The highest BCUT2D eigenvalue weighted by atomic mass is 16.4. The second-order valence-corrected chi connectivity index (χ2v) is 3.31. The van der Waals surface area contributed by atoms with Crippen molar-refractivity contribution in [1.29, 1.82) is 0 Å². The molecule has 0 bridgehead atoms. The van der Waals surface area contributed by atoms with Crippen LogP contribution in [0.3, 0.4) is 0 Å². The largest absolute Gasteiger partial charge is 0.478 e. The molecule has 0 radical (unpaired) electrons. The molecule has 2 aromatic rings. The maximum Gasteiger partial charge on any atom is 0.335 e. The van der Waals surface area contributed by atoms with E-state index in [1.165, 1.54) is 12.1 Å². The van der Waals surface area contributed by atoms with Crippen molar-refractivity contribution in [2.24, 2.45) is 0 Å². The highest BCUT2D eigenvalue weighted by Gasteiger charge is 2.07. The molecule has 0 aliphatic carbocycles. The van der Waals surface area contributed by atoms with Crippen LogP contribution in [0.5, 0.6) is 0 Å². The van der Waals surface area contributed by atoms with Crippen molar-refractivity contribution >= 4 is 5.97 Å². The summed E-state index contributed by atoms with van der Waals surface area (Å²) in [5.74, 6) is 0.0265. The Morgan fingerprint density at radius 1 is 1.25 bits per heavy atom. The SMILES string of the molecule is O=C(O)c1cccc(-c2ccc(CO)o2)c1. The van der Waals surface area contributed by atoms with Crippen LogP contribution in [-0.2, 0) is 6.61 Å². The van der Waals surface area contributed by atoms with Gasteiger partial charge in [-0.25, -0.2) is 4.79 Å². The Bertz CT molecular complexity index is 513. The number of aromatic carboxylic acids is 1. The van der Waals surface area contributed by atoms with Crippen LogP contribution in [0.2, 0.25) is 0 Å². The molecule has 0 atom stereocenters. The van der Waals surface area contributed by atoms with Crippen LogP contribution in [0.1, 0.15) is 16.1 Å². The molecular formula is C12H10O4. The molecule has 1 heterocycles. The fourth-order valence-corrected chi connectivity index (χ4v) is 1.42. The van der Waals surface area contributed by atoms with Crippen molar-refractivity contribution in [3.05, 3.63) is 47.7 Å². The highest BCUT2D eigenvalue weighted by molar-refractivity contribution is 5.89. The maximum atomic E-state index is 10.8. The molecule has 0 aliphatic rings. The first-order valence-corrected chi connectivity index (χ1v) is 4.74. The Hall–Kier alpha value is -2.07. The summed E-state index contributed by atoms with van der Waals surface area (Å²) >= 11 is 0. The van der Waals surface area contributed by atoms with Crippen LogP contribution in [0.4, 0.5) is 0 Å². The van der Waals surface area contributed by atoms with E-state index in [0.717, 1.165) is 0 Å². The number of aliphatic hydroxyl groups excluding tert-OH is 1. The summed E-state index contributed by atoms with van der Waals surface area (Å²) in [4.78, 5) is 10.8. The van der Waals surface area contributed by atoms with E-state index in [1.54, 1.807) is 24.3 Å². The third-order valence-electron chi connectivity index (χ3n) is 2.21. The second kappa shape index (κ2) is 4.20. The minimum Gasteiger partial charge on any atom is -0.478 e. The van der Waals surface area contributed by atoms with Gasteiger partial charge in [-0.1, -0.05) is 12.1 Å². The van der Waals surface area contributed by atoms with Crippen LogP contribution in [-0.4, -0.2) is 16.2 Å². The molecule has 0 aliphatic heterocycles. The van der Waals surface area contributed by atoms with Crippen molar-refractivity contribution in [3.63, 3.8) is 0 Å². The minimum atomic E-state index is -0.976. The van der Waals surface area contributed by atoms with E-state index in [2.05, 4.69) is 0 Å². The minimum absolute atomic E-state index is 0.168. The number of carboxylic acids is 1. The van der Waals surface area contributed by atoms with Gasteiger partial charge in [0.05, 0.1) is 5.56 Å². The highest BCUT2D eigenvalue weighted by Crippen LogP contribution is 2.23. The molecule has 0 unspecified atom stereocenters. The van der Waals surface area contributed by atoms with Gasteiger partial charge in [0, 0.05) is 5.56 Å². The van der Waals surface area contributed by atoms with E-state index in [-0.39, 0.29) is 12.2 Å². The predicted molar refractivity (Wildman–Crippen MR) is 57.0 cm³/mol. The Balaban J connectivity index is 2.40. The van der Waals surface area contributed by atoms with Crippen molar-refractivity contribution in [3.8, 4) is 11.3 Å².